The monoisotopic (exact) mass is 397 g/mol. The average Bonchev–Trinajstić information content (AvgIpc) is 2.80. The summed E-state index contributed by atoms with van der Waals surface area (Å²) in [6, 6.07) is 20.1. The molecule has 0 fully saturated rings. The van der Waals surface area contributed by atoms with E-state index in [0.717, 1.165) is 11.1 Å². The molecular formula is C23H19N5O2. The number of amides is 1. The second kappa shape index (κ2) is 8.48. The highest BCUT2D eigenvalue weighted by Crippen LogP contribution is 2.14. The molecule has 7 heteroatoms. The Morgan fingerprint density at radius 3 is 2.47 bits per heavy atom. The van der Waals surface area contributed by atoms with E-state index < -0.39 is 5.91 Å². The van der Waals surface area contributed by atoms with Crippen LogP contribution >= 0.6 is 0 Å². The van der Waals surface area contributed by atoms with Gasteiger partial charge in [-0.2, -0.15) is 10.2 Å². The van der Waals surface area contributed by atoms with Crippen LogP contribution in [0.25, 0.3) is 10.8 Å². The fourth-order valence-electron chi connectivity index (χ4n) is 3.10. The normalized spacial score (nSPS) is 11.4. The molecule has 0 aliphatic heterocycles. The van der Waals surface area contributed by atoms with Gasteiger partial charge in [0.1, 0.15) is 0 Å². The van der Waals surface area contributed by atoms with Crippen molar-refractivity contribution in [2.24, 2.45) is 5.10 Å². The van der Waals surface area contributed by atoms with Gasteiger partial charge in [0.25, 0.3) is 11.5 Å². The van der Waals surface area contributed by atoms with Crippen molar-refractivity contribution in [3.8, 4) is 0 Å². The zero-order chi connectivity index (χ0) is 20.9. The molecule has 148 valence electrons. The second-order valence-electron chi connectivity index (χ2n) is 6.72. The van der Waals surface area contributed by atoms with Crippen LogP contribution in [0.2, 0.25) is 0 Å². The summed E-state index contributed by atoms with van der Waals surface area (Å²) >= 11 is 0. The highest BCUT2D eigenvalue weighted by Gasteiger charge is 2.16. The number of hydrazone groups is 1. The highest BCUT2D eigenvalue weighted by molar-refractivity contribution is 6.06. The van der Waals surface area contributed by atoms with Crippen LogP contribution in [0.15, 0.2) is 89.0 Å². The first-order chi connectivity index (χ1) is 14.6. The van der Waals surface area contributed by atoms with Crippen molar-refractivity contribution in [2.75, 3.05) is 0 Å². The summed E-state index contributed by atoms with van der Waals surface area (Å²) in [6.45, 7) is 2.04. The molecule has 1 amide bonds. The fourth-order valence-corrected chi connectivity index (χ4v) is 3.10. The molecule has 1 N–H and O–H groups in total. The first-order valence-electron chi connectivity index (χ1n) is 9.42. The van der Waals surface area contributed by atoms with E-state index in [1.807, 2.05) is 36.4 Å². The van der Waals surface area contributed by atoms with Gasteiger partial charge in [0.05, 0.1) is 17.6 Å². The Kier molecular flexibility index (Phi) is 5.43. The van der Waals surface area contributed by atoms with Crippen molar-refractivity contribution in [3.05, 3.63) is 106 Å². The molecule has 0 radical (unpaired) electrons. The topological polar surface area (TPSA) is 89.2 Å². The molecule has 0 saturated carbocycles. The molecule has 30 heavy (non-hydrogen) atoms. The maximum absolute atomic E-state index is 12.9. The first-order valence-corrected chi connectivity index (χ1v) is 9.42. The van der Waals surface area contributed by atoms with Crippen LogP contribution in [0.5, 0.6) is 0 Å². The molecule has 4 rings (SSSR count). The van der Waals surface area contributed by atoms with Crippen LogP contribution in [0.3, 0.4) is 0 Å². The molecule has 4 aromatic rings. The van der Waals surface area contributed by atoms with Gasteiger partial charge in [0.2, 0.25) is 0 Å². The average molecular weight is 397 g/mol. The minimum atomic E-state index is -0.490. The van der Waals surface area contributed by atoms with E-state index in [4.69, 9.17) is 0 Å². The lowest BCUT2D eigenvalue weighted by Crippen LogP contribution is -2.29. The first kappa shape index (κ1) is 19.2. The van der Waals surface area contributed by atoms with Gasteiger partial charge in [-0.15, -0.1) is 0 Å². The van der Waals surface area contributed by atoms with Crippen LogP contribution in [0.1, 0.15) is 28.5 Å². The van der Waals surface area contributed by atoms with Gasteiger partial charge in [-0.3, -0.25) is 14.6 Å². The number of nitrogens with one attached hydrogen (secondary N) is 1. The van der Waals surface area contributed by atoms with Crippen LogP contribution in [-0.4, -0.2) is 26.4 Å². The van der Waals surface area contributed by atoms with Crippen molar-refractivity contribution in [3.63, 3.8) is 0 Å². The molecule has 0 unspecified atom stereocenters. The van der Waals surface area contributed by atoms with Crippen molar-refractivity contribution >= 4 is 22.4 Å². The number of carbonyl (C=O) groups excluding carboxylic acids is 1. The zero-order valence-electron chi connectivity index (χ0n) is 16.3. The van der Waals surface area contributed by atoms with E-state index in [1.54, 1.807) is 49.6 Å². The minimum Gasteiger partial charge on any atom is -0.267 e. The Labute approximate surface area is 172 Å². The number of hydrogen-bond donors (Lipinski definition) is 1. The van der Waals surface area contributed by atoms with Crippen LogP contribution in [0.4, 0.5) is 0 Å². The molecular weight excluding hydrogens is 378 g/mol. The van der Waals surface area contributed by atoms with E-state index in [1.165, 1.54) is 4.68 Å². The lowest BCUT2D eigenvalue weighted by molar-refractivity contribution is 0.0949. The Hall–Kier alpha value is -4.13. The van der Waals surface area contributed by atoms with Gasteiger partial charge in [0, 0.05) is 23.3 Å². The number of fused-ring (bicyclic) bond motifs is 1. The molecule has 7 nitrogen and oxygen atoms in total. The van der Waals surface area contributed by atoms with Crippen LogP contribution in [0, 0.1) is 0 Å². The summed E-state index contributed by atoms with van der Waals surface area (Å²) in [7, 11) is 0. The SMILES string of the molecule is CC(=NNC(=O)c1nn(Cc2ccccc2)c(=O)c2ccccc12)c1cccnc1. The lowest BCUT2D eigenvalue weighted by Gasteiger charge is -2.10. The van der Waals surface area contributed by atoms with E-state index in [9.17, 15) is 9.59 Å². The maximum atomic E-state index is 12.9. The van der Waals surface area contributed by atoms with Crippen molar-refractivity contribution < 1.29 is 4.79 Å². The van der Waals surface area contributed by atoms with E-state index in [-0.39, 0.29) is 17.8 Å². The van der Waals surface area contributed by atoms with Crippen LogP contribution < -0.4 is 11.0 Å². The summed E-state index contributed by atoms with van der Waals surface area (Å²) in [4.78, 5) is 29.8. The summed E-state index contributed by atoms with van der Waals surface area (Å²) < 4.78 is 1.31. The maximum Gasteiger partial charge on any atom is 0.292 e. The van der Waals surface area contributed by atoms with E-state index >= 15 is 0 Å². The third-order valence-corrected chi connectivity index (χ3v) is 4.66. The van der Waals surface area contributed by atoms with Gasteiger partial charge in [-0.1, -0.05) is 54.6 Å². The van der Waals surface area contributed by atoms with E-state index in [0.29, 0.717) is 16.5 Å². The lowest BCUT2D eigenvalue weighted by atomic mass is 10.1. The van der Waals surface area contributed by atoms with E-state index in [2.05, 4.69) is 20.6 Å². The fraction of sp³-hybridized carbons (Fsp3) is 0.0870. The molecule has 0 bridgehead atoms. The van der Waals surface area contributed by atoms with Gasteiger partial charge in [0.15, 0.2) is 5.69 Å². The molecule has 2 heterocycles. The third-order valence-electron chi connectivity index (χ3n) is 4.66. The smallest absolute Gasteiger partial charge is 0.267 e. The van der Waals surface area contributed by atoms with Crippen molar-refractivity contribution in [2.45, 2.75) is 13.5 Å². The molecule has 0 atom stereocenters. The molecule has 0 aliphatic carbocycles. The number of nitrogens with zero attached hydrogens (tertiary/aromatic N) is 4. The number of benzene rings is 2. The molecule has 0 spiro atoms. The van der Waals surface area contributed by atoms with Gasteiger partial charge < -0.3 is 0 Å². The summed E-state index contributed by atoms with van der Waals surface area (Å²) in [5.41, 5.74) is 4.76. The minimum absolute atomic E-state index is 0.142. The van der Waals surface area contributed by atoms with Gasteiger partial charge >= 0.3 is 0 Å². The number of pyridine rings is 1. The molecule has 2 aromatic carbocycles. The standard InChI is InChI=1S/C23H19N5O2/c1-16(18-10-7-13-24-14-18)25-26-22(29)21-19-11-5-6-12-20(19)23(30)28(27-21)15-17-8-3-2-4-9-17/h2-14H,15H2,1H3,(H,26,29). The van der Waals surface area contributed by atoms with Gasteiger partial charge in [-0.05, 0) is 24.6 Å². The summed E-state index contributed by atoms with van der Waals surface area (Å²) in [5, 5.41) is 9.44. The van der Waals surface area contributed by atoms with Crippen LogP contribution in [-0.2, 0) is 6.54 Å². The predicted molar refractivity (Wildman–Crippen MR) is 115 cm³/mol. The van der Waals surface area contributed by atoms with Crippen molar-refractivity contribution in [1.29, 1.82) is 0 Å². The number of aromatic nitrogens is 3. The Morgan fingerprint density at radius 1 is 1.00 bits per heavy atom. The van der Waals surface area contributed by atoms with Gasteiger partial charge in [-0.25, -0.2) is 10.1 Å². The quantitative estimate of drug-likeness (QED) is 0.414. The summed E-state index contributed by atoms with van der Waals surface area (Å²) in [5.74, 6) is -0.490. The third kappa shape index (κ3) is 4.00. The summed E-state index contributed by atoms with van der Waals surface area (Å²) in [6.07, 6.45) is 3.33. The van der Waals surface area contributed by atoms with Crippen molar-refractivity contribution in [1.82, 2.24) is 20.2 Å². The zero-order valence-corrected chi connectivity index (χ0v) is 16.3. The molecule has 0 saturated heterocycles. The number of rotatable bonds is 5. The largest absolute Gasteiger partial charge is 0.292 e. The molecule has 2 aromatic heterocycles. The predicted octanol–water partition coefficient (Wildman–Crippen LogP) is 2.99. The highest BCUT2D eigenvalue weighted by atomic mass is 16.2. The number of carbonyl (C=O) groups is 1. The second-order valence-corrected chi connectivity index (χ2v) is 6.72. The number of hydrogen-bond acceptors (Lipinski definition) is 5. The Bertz CT molecular complexity index is 1280. The Morgan fingerprint density at radius 2 is 1.73 bits per heavy atom. The molecule has 0 aliphatic rings. The Balaban J connectivity index is 1.71.